The highest BCUT2D eigenvalue weighted by molar-refractivity contribution is 7.99. The molecule has 0 aliphatic rings. The first kappa shape index (κ1) is 20.0. The molecule has 30 heavy (non-hydrogen) atoms. The lowest BCUT2D eigenvalue weighted by Crippen LogP contribution is -2.14. The molecular weight excluding hydrogens is 396 g/mol. The molecule has 1 amide bonds. The Labute approximate surface area is 179 Å². The summed E-state index contributed by atoms with van der Waals surface area (Å²) in [5.41, 5.74) is 1.76. The fraction of sp³-hybridized carbons (Fsp3) is 0.174. The number of hydrogen-bond donors (Lipinski definition) is 1. The summed E-state index contributed by atoms with van der Waals surface area (Å²) in [4.78, 5) is 12.5. The Kier molecular flexibility index (Phi) is 5.99. The number of fused-ring (bicyclic) bond motifs is 1. The van der Waals surface area contributed by atoms with E-state index < -0.39 is 0 Å². The molecule has 1 aromatic heterocycles. The van der Waals surface area contributed by atoms with Gasteiger partial charge in [0.15, 0.2) is 11.0 Å². The van der Waals surface area contributed by atoms with Crippen molar-refractivity contribution in [2.45, 2.75) is 12.1 Å². The van der Waals surface area contributed by atoms with Crippen LogP contribution < -0.4 is 10.1 Å². The molecule has 0 bridgehead atoms. The predicted molar refractivity (Wildman–Crippen MR) is 121 cm³/mol. The summed E-state index contributed by atoms with van der Waals surface area (Å²) in [7, 11) is 1.90. The molecule has 0 aliphatic heterocycles. The molecule has 1 heterocycles. The molecule has 152 valence electrons. The molecule has 0 saturated carbocycles. The number of benzene rings is 3. The van der Waals surface area contributed by atoms with Gasteiger partial charge in [-0.25, -0.2) is 0 Å². The van der Waals surface area contributed by atoms with Crippen LogP contribution in [-0.2, 0) is 11.8 Å². The van der Waals surface area contributed by atoms with Gasteiger partial charge >= 0.3 is 0 Å². The van der Waals surface area contributed by atoms with E-state index in [0.29, 0.717) is 11.8 Å². The van der Waals surface area contributed by atoms with Crippen molar-refractivity contribution < 1.29 is 9.53 Å². The van der Waals surface area contributed by atoms with Crippen LogP contribution in [0.2, 0.25) is 0 Å². The number of hydrogen-bond acceptors (Lipinski definition) is 5. The van der Waals surface area contributed by atoms with Crippen LogP contribution in [0.4, 0.5) is 5.69 Å². The average Bonchev–Trinajstić information content (AvgIpc) is 3.14. The topological polar surface area (TPSA) is 69.0 Å². The Hall–Kier alpha value is -3.32. The minimum atomic E-state index is -0.0815. The summed E-state index contributed by atoms with van der Waals surface area (Å²) in [5, 5.41) is 14.3. The van der Waals surface area contributed by atoms with E-state index >= 15 is 0 Å². The van der Waals surface area contributed by atoms with Crippen LogP contribution in [0.25, 0.3) is 22.2 Å². The Morgan fingerprint density at radius 3 is 2.60 bits per heavy atom. The van der Waals surface area contributed by atoms with Gasteiger partial charge in [-0.05, 0) is 42.6 Å². The molecule has 0 radical (unpaired) electrons. The highest BCUT2D eigenvalue weighted by Crippen LogP contribution is 2.26. The predicted octanol–water partition coefficient (Wildman–Crippen LogP) is 4.76. The Morgan fingerprint density at radius 1 is 1.03 bits per heavy atom. The zero-order valence-corrected chi connectivity index (χ0v) is 17.6. The third kappa shape index (κ3) is 4.31. The highest BCUT2D eigenvalue weighted by atomic mass is 32.2. The van der Waals surface area contributed by atoms with Gasteiger partial charge < -0.3 is 14.6 Å². The van der Waals surface area contributed by atoms with Crippen molar-refractivity contribution in [1.29, 1.82) is 0 Å². The Balaban J connectivity index is 1.42. The number of ether oxygens (including phenoxy) is 1. The molecule has 4 rings (SSSR count). The standard InChI is InChI=1S/C23H22N4O2S/c1-3-29-18-13-11-17(12-14-18)22-25-26-23(27(22)2)30-15-21(28)24-20-10-6-8-16-7-4-5-9-19(16)20/h4-14H,3,15H2,1-2H3,(H,24,28). The first-order chi connectivity index (χ1) is 14.7. The number of anilines is 1. The fourth-order valence-electron chi connectivity index (χ4n) is 3.21. The van der Waals surface area contributed by atoms with Gasteiger partial charge in [0.05, 0.1) is 12.4 Å². The van der Waals surface area contributed by atoms with Crippen molar-refractivity contribution in [3.63, 3.8) is 0 Å². The quantitative estimate of drug-likeness (QED) is 0.438. The zero-order valence-electron chi connectivity index (χ0n) is 16.8. The van der Waals surface area contributed by atoms with Gasteiger partial charge in [0, 0.05) is 23.7 Å². The van der Waals surface area contributed by atoms with E-state index in [1.165, 1.54) is 11.8 Å². The lowest BCUT2D eigenvalue weighted by Gasteiger charge is -2.09. The molecule has 1 N–H and O–H groups in total. The van der Waals surface area contributed by atoms with Crippen LogP contribution >= 0.6 is 11.8 Å². The lowest BCUT2D eigenvalue weighted by atomic mass is 10.1. The molecule has 0 unspecified atom stereocenters. The average molecular weight is 419 g/mol. The van der Waals surface area contributed by atoms with Gasteiger partial charge in [-0.1, -0.05) is 48.2 Å². The van der Waals surface area contributed by atoms with Crippen LogP contribution in [0, 0.1) is 0 Å². The van der Waals surface area contributed by atoms with Gasteiger partial charge in [0.2, 0.25) is 5.91 Å². The van der Waals surface area contributed by atoms with Crippen LogP contribution in [0.15, 0.2) is 71.9 Å². The van der Waals surface area contributed by atoms with E-state index in [1.54, 1.807) is 0 Å². The van der Waals surface area contributed by atoms with Crippen molar-refractivity contribution in [1.82, 2.24) is 14.8 Å². The summed E-state index contributed by atoms with van der Waals surface area (Å²) >= 11 is 1.36. The first-order valence-electron chi connectivity index (χ1n) is 9.68. The highest BCUT2D eigenvalue weighted by Gasteiger charge is 2.14. The summed E-state index contributed by atoms with van der Waals surface area (Å²) in [5.74, 6) is 1.73. The molecule has 0 aliphatic carbocycles. The third-order valence-electron chi connectivity index (χ3n) is 4.65. The van der Waals surface area contributed by atoms with E-state index in [9.17, 15) is 4.79 Å². The summed E-state index contributed by atoms with van der Waals surface area (Å²) in [6, 6.07) is 21.6. The van der Waals surface area contributed by atoms with Crippen LogP contribution in [0.5, 0.6) is 5.75 Å². The normalized spacial score (nSPS) is 10.9. The molecule has 7 heteroatoms. The molecule has 0 spiro atoms. The number of nitrogens with one attached hydrogen (secondary N) is 1. The molecule has 0 atom stereocenters. The van der Waals surface area contributed by atoms with E-state index in [0.717, 1.165) is 33.6 Å². The van der Waals surface area contributed by atoms with Gasteiger partial charge in [0.25, 0.3) is 0 Å². The maximum Gasteiger partial charge on any atom is 0.234 e. The minimum Gasteiger partial charge on any atom is -0.494 e. The maximum atomic E-state index is 12.5. The first-order valence-corrected chi connectivity index (χ1v) is 10.7. The molecular formula is C23H22N4O2S. The van der Waals surface area contributed by atoms with E-state index in [-0.39, 0.29) is 11.7 Å². The monoisotopic (exact) mass is 418 g/mol. The number of carbonyl (C=O) groups excluding carboxylic acids is 1. The van der Waals surface area contributed by atoms with Crippen LogP contribution in [0.3, 0.4) is 0 Å². The van der Waals surface area contributed by atoms with Crippen LogP contribution in [-0.4, -0.2) is 33.0 Å². The SMILES string of the molecule is CCOc1ccc(-c2nnc(SCC(=O)Nc3cccc4ccccc34)n2C)cc1. The summed E-state index contributed by atoms with van der Waals surface area (Å²) < 4.78 is 7.38. The van der Waals surface area contributed by atoms with Gasteiger partial charge in [-0.3, -0.25) is 4.79 Å². The van der Waals surface area contributed by atoms with Gasteiger partial charge in [0.1, 0.15) is 5.75 Å². The fourth-order valence-corrected chi connectivity index (χ4v) is 3.92. The second-order valence-corrected chi connectivity index (χ2v) is 7.63. The van der Waals surface area contributed by atoms with Crippen LogP contribution in [0.1, 0.15) is 6.92 Å². The molecule has 6 nitrogen and oxygen atoms in total. The van der Waals surface area contributed by atoms with Crippen molar-refractivity contribution in [2.24, 2.45) is 7.05 Å². The summed E-state index contributed by atoms with van der Waals surface area (Å²) in [6.45, 7) is 2.58. The number of amides is 1. The zero-order chi connectivity index (χ0) is 20.9. The van der Waals surface area contributed by atoms with Gasteiger partial charge in [-0.15, -0.1) is 10.2 Å². The second-order valence-electron chi connectivity index (χ2n) is 6.69. The molecule has 4 aromatic rings. The molecule has 0 fully saturated rings. The largest absolute Gasteiger partial charge is 0.494 e. The molecule has 3 aromatic carbocycles. The van der Waals surface area contributed by atoms with E-state index in [1.807, 2.05) is 85.3 Å². The number of aromatic nitrogens is 3. The molecule has 0 saturated heterocycles. The van der Waals surface area contributed by atoms with Crippen molar-refractivity contribution in [3.8, 4) is 17.1 Å². The van der Waals surface area contributed by atoms with E-state index in [4.69, 9.17) is 4.74 Å². The smallest absolute Gasteiger partial charge is 0.234 e. The maximum absolute atomic E-state index is 12.5. The third-order valence-corrected chi connectivity index (χ3v) is 5.67. The lowest BCUT2D eigenvalue weighted by molar-refractivity contribution is -0.113. The van der Waals surface area contributed by atoms with Crippen molar-refractivity contribution in [2.75, 3.05) is 17.7 Å². The summed E-state index contributed by atoms with van der Waals surface area (Å²) in [6.07, 6.45) is 0. The number of rotatable bonds is 7. The number of thioether (sulfide) groups is 1. The second kappa shape index (κ2) is 9.00. The van der Waals surface area contributed by atoms with Gasteiger partial charge in [-0.2, -0.15) is 0 Å². The number of nitrogens with zero attached hydrogens (tertiary/aromatic N) is 3. The number of carbonyl (C=O) groups is 1. The Bertz CT molecular complexity index is 1170. The Morgan fingerprint density at radius 2 is 1.80 bits per heavy atom. The van der Waals surface area contributed by atoms with E-state index in [2.05, 4.69) is 15.5 Å². The van der Waals surface area contributed by atoms with Crippen molar-refractivity contribution in [3.05, 3.63) is 66.7 Å². The minimum absolute atomic E-state index is 0.0815. The van der Waals surface area contributed by atoms with Crippen molar-refractivity contribution >= 4 is 34.1 Å².